The number of nitrogens with zero attached hydrogens (tertiary/aromatic N) is 2. The lowest BCUT2D eigenvalue weighted by Gasteiger charge is -2.07. The molecule has 0 aliphatic heterocycles. The van der Waals surface area contributed by atoms with Crippen LogP contribution in [-0.4, -0.2) is 27.6 Å². The molecule has 10 heteroatoms. The van der Waals surface area contributed by atoms with Gasteiger partial charge in [0.2, 0.25) is 5.91 Å². The molecule has 3 N–H and O–H groups in total. The van der Waals surface area contributed by atoms with Crippen molar-refractivity contribution >= 4 is 40.5 Å². The Balaban J connectivity index is 1.98. The van der Waals surface area contributed by atoms with E-state index < -0.39 is 16.7 Å². The zero-order valence-electron chi connectivity index (χ0n) is 15.0. The second-order valence-electron chi connectivity index (χ2n) is 5.91. The predicted octanol–water partition coefficient (Wildman–Crippen LogP) is 3.40. The first-order valence-electron chi connectivity index (χ1n) is 8.05. The Kier molecular flexibility index (Phi) is 6.67. The number of aryl methyl sites for hydroxylation is 1. The van der Waals surface area contributed by atoms with Crippen LogP contribution in [0.1, 0.15) is 29.3 Å². The number of nitro benzene ring substituents is 1. The van der Waals surface area contributed by atoms with Crippen LogP contribution in [0.15, 0.2) is 41.5 Å². The molecule has 0 aromatic heterocycles. The van der Waals surface area contributed by atoms with Gasteiger partial charge >= 0.3 is 0 Å². The van der Waals surface area contributed by atoms with E-state index in [1.165, 1.54) is 25.1 Å². The van der Waals surface area contributed by atoms with E-state index in [1.54, 1.807) is 19.1 Å². The Morgan fingerprint density at radius 3 is 2.68 bits per heavy atom. The van der Waals surface area contributed by atoms with Crippen molar-refractivity contribution in [2.45, 2.75) is 20.3 Å². The van der Waals surface area contributed by atoms with Crippen LogP contribution in [0, 0.1) is 17.0 Å². The zero-order valence-corrected chi connectivity index (χ0v) is 15.8. The first-order valence-corrected chi connectivity index (χ1v) is 8.42. The minimum absolute atomic E-state index is 0.0390. The third kappa shape index (κ3) is 5.27. The number of benzene rings is 2. The van der Waals surface area contributed by atoms with E-state index >= 15 is 0 Å². The molecule has 28 heavy (non-hydrogen) atoms. The highest BCUT2D eigenvalue weighted by atomic mass is 35.5. The average molecular weight is 405 g/mol. The predicted molar refractivity (Wildman–Crippen MR) is 105 cm³/mol. The quantitative estimate of drug-likeness (QED) is 0.385. The van der Waals surface area contributed by atoms with Gasteiger partial charge in [-0.2, -0.15) is 5.10 Å². The molecule has 2 rings (SSSR count). The maximum absolute atomic E-state index is 12.1. The number of hydrogen-bond donors (Lipinski definition) is 3. The molecule has 2 aromatic carbocycles. The second kappa shape index (κ2) is 8.96. The maximum atomic E-state index is 12.1. The van der Waals surface area contributed by atoms with Gasteiger partial charge in [0, 0.05) is 17.5 Å². The molecule has 0 saturated carbocycles. The van der Waals surface area contributed by atoms with Gasteiger partial charge in [0.15, 0.2) is 0 Å². The smallest absolute Gasteiger partial charge is 0.289 e. The summed E-state index contributed by atoms with van der Waals surface area (Å²) in [6, 6.07) is 8.62. The molecule has 0 atom stereocenters. The van der Waals surface area contributed by atoms with E-state index in [9.17, 15) is 24.8 Å². The Morgan fingerprint density at radius 1 is 1.29 bits per heavy atom. The highest BCUT2D eigenvalue weighted by molar-refractivity contribution is 6.32. The fourth-order valence-corrected chi connectivity index (χ4v) is 2.44. The average Bonchev–Trinajstić information content (AvgIpc) is 2.63. The molecule has 146 valence electrons. The molecule has 0 spiro atoms. The minimum atomic E-state index is -0.652. The molecule has 0 heterocycles. The number of carbonyl (C=O) groups is 2. The lowest BCUT2D eigenvalue weighted by atomic mass is 10.1. The molecule has 9 nitrogen and oxygen atoms in total. The summed E-state index contributed by atoms with van der Waals surface area (Å²) in [6.45, 7) is 3.19. The number of nitrogens with one attached hydrogen (secondary N) is 2. The van der Waals surface area contributed by atoms with E-state index in [0.717, 1.165) is 6.07 Å². The van der Waals surface area contributed by atoms with Gasteiger partial charge in [-0.1, -0.05) is 23.7 Å². The van der Waals surface area contributed by atoms with Gasteiger partial charge in [0.1, 0.15) is 10.8 Å². The summed E-state index contributed by atoms with van der Waals surface area (Å²) in [7, 11) is 0. The van der Waals surface area contributed by atoms with Gasteiger partial charge in [-0.3, -0.25) is 19.7 Å². The maximum Gasteiger partial charge on any atom is 0.289 e. The fraction of sp³-hybridized carbons (Fsp3) is 0.167. The molecule has 2 amide bonds. The molecular formula is C18H17ClN4O5. The summed E-state index contributed by atoms with van der Waals surface area (Å²) in [5, 5.41) is 27.1. The number of halogens is 1. The molecule has 0 unspecified atom stereocenters. The number of amides is 2. The molecule has 0 aliphatic carbocycles. The van der Waals surface area contributed by atoms with Gasteiger partial charge in [-0.15, -0.1) is 0 Å². The Morgan fingerprint density at radius 2 is 2.00 bits per heavy atom. The number of carbonyl (C=O) groups excluding carboxylic acids is 2. The van der Waals surface area contributed by atoms with Gasteiger partial charge in [0.05, 0.1) is 16.9 Å². The van der Waals surface area contributed by atoms with Crippen LogP contribution in [-0.2, 0) is 4.79 Å². The van der Waals surface area contributed by atoms with Gasteiger partial charge in [-0.25, -0.2) is 5.43 Å². The summed E-state index contributed by atoms with van der Waals surface area (Å²) in [6.07, 6.45) is -0.156. The number of hydrazone groups is 1. The van der Waals surface area contributed by atoms with E-state index in [0.29, 0.717) is 11.3 Å². The number of hydrogen-bond acceptors (Lipinski definition) is 6. The Labute approximate surface area is 165 Å². The van der Waals surface area contributed by atoms with Crippen LogP contribution < -0.4 is 10.7 Å². The summed E-state index contributed by atoms with van der Waals surface area (Å²) in [5.74, 6) is -1.24. The molecule has 0 radical (unpaired) electrons. The van der Waals surface area contributed by atoms with Crippen molar-refractivity contribution in [1.82, 2.24) is 5.43 Å². The highest BCUT2D eigenvalue weighted by Gasteiger charge is 2.15. The topological polar surface area (TPSA) is 134 Å². The monoisotopic (exact) mass is 404 g/mol. The summed E-state index contributed by atoms with van der Waals surface area (Å²) in [4.78, 5) is 34.4. The van der Waals surface area contributed by atoms with Gasteiger partial charge in [-0.05, 0) is 37.6 Å². The van der Waals surface area contributed by atoms with Gasteiger partial charge in [0.25, 0.3) is 11.6 Å². The number of para-hydroxylation sites is 1. The SMILES string of the molecule is C/C(CC(=O)Nc1ccc(Cl)c([N+](=O)[O-])c1)=N\NC(=O)c1cccc(C)c1O. The van der Waals surface area contributed by atoms with Crippen molar-refractivity contribution < 1.29 is 19.6 Å². The molecule has 0 saturated heterocycles. The Bertz CT molecular complexity index is 974. The molecule has 2 aromatic rings. The number of phenolic OH excluding ortho intramolecular Hbond substituents is 1. The van der Waals surface area contributed by atoms with Crippen LogP contribution in [0.5, 0.6) is 5.75 Å². The summed E-state index contributed by atoms with van der Waals surface area (Å²) < 4.78 is 0. The number of nitro groups is 1. The van der Waals surface area contributed by atoms with Crippen molar-refractivity contribution in [2.24, 2.45) is 5.10 Å². The molecule has 0 aliphatic rings. The van der Waals surface area contributed by atoms with Crippen molar-refractivity contribution in [3.05, 3.63) is 62.7 Å². The van der Waals surface area contributed by atoms with Crippen LogP contribution >= 0.6 is 11.6 Å². The lowest BCUT2D eigenvalue weighted by Crippen LogP contribution is -2.21. The molecule has 0 bridgehead atoms. The zero-order chi connectivity index (χ0) is 20.8. The van der Waals surface area contributed by atoms with E-state index in [2.05, 4.69) is 15.8 Å². The largest absolute Gasteiger partial charge is 0.507 e. The number of anilines is 1. The number of phenols is 1. The van der Waals surface area contributed by atoms with Crippen LogP contribution in [0.2, 0.25) is 5.02 Å². The van der Waals surface area contributed by atoms with E-state index in [4.69, 9.17) is 11.6 Å². The van der Waals surface area contributed by atoms with E-state index in [-0.39, 0.29) is 34.1 Å². The molecule has 0 fully saturated rings. The van der Waals surface area contributed by atoms with Crippen molar-refractivity contribution in [1.29, 1.82) is 0 Å². The standard InChI is InChI=1S/C18H17ClN4O5/c1-10-4-3-5-13(17(10)25)18(26)22-21-11(2)8-16(24)20-12-6-7-14(19)15(9-12)23(27)28/h3-7,9,25H,8H2,1-2H3,(H,20,24)(H,22,26)/b21-11+. The normalized spacial score (nSPS) is 11.0. The minimum Gasteiger partial charge on any atom is -0.507 e. The summed E-state index contributed by atoms with van der Waals surface area (Å²) >= 11 is 5.72. The van der Waals surface area contributed by atoms with Gasteiger partial charge < -0.3 is 10.4 Å². The third-order valence-electron chi connectivity index (χ3n) is 3.67. The molecular weight excluding hydrogens is 388 g/mol. The van der Waals surface area contributed by atoms with Crippen molar-refractivity contribution in [3.8, 4) is 5.75 Å². The highest BCUT2D eigenvalue weighted by Crippen LogP contribution is 2.27. The van der Waals surface area contributed by atoms with Crippen LogP contribution in [0.4, 0.5) is 11.4 Å². The van der Waals surface area contributed by atoms with Crippen LogP contribution in [0.25, 0.3) is 0 Å². The first-order chi connectivity index (χ1) is 13.2. The second-order valence-corrected chi connectivity index (χ2v) is 6.31. The summed E-state index contributed by atoms with van der Waals surface area (Å²) in [5.41, 5.74) is 3.06. The van der Waals surface area contributed by atoms with Crippen molar-refractivity contribution in [3.63, 3.8) is 0 Å². The van der Waals surface area contributed by atoms with Crippen molar-refractivity contribution in [2.75, 3.05) is 5.32 Å². The first kappa shape index (κ1) is 20.8. The Hall–Kier alpha value is -3.46. The lowest BCUT2D eigenvalue weighted by molar-refractivity contribution is -0.384. The van der Waals surface area contributed by atoms with E-state index in [1.807, 2.05) is 0 Å². The fourth-order valence-electron chi connectivity index (χ4n) is 2.26. The number of aromatic hydroxyl groups is 1. The number of rotatable bonds is 6. The third-order valence-corrected chi connectivity index (χ3v) is 3.99. The van der Waals surface area contributed by atoms with Crippen LogP contribution in [0.3, 0.4) is 0 Å².